The molecule has 0 bridgehead atoms. The third-order valence-electron chi connectivity index (χ3n) is 3.22. The second kappa shape index (κ2) is 6.00. The van der Waals surface area contributed by atoms with Crippen LogP contribution >= 0.6 is 23.2 Å². The second-order valence-corrected chi connectivity index (χ2v) is 6.90. The standard InChI is InChI=1S/C16H16Cl2N4O/c1-16(2,19)9-22-8-7-12(18)13(22)15-20-14(21-23-15)10-3-5-11(17)6-4-10/h3-8H,9,19H2,1-2H3. The molecule has 2 N–H and O–H groups in total. The molecule has 0 aliphatic rings. The van der Waals surface area contributed by atoms with Crippen LogP contribution in [0.25, 0.3) is 23.0 Å². The van der Waals surface area contributed by atoms with E-state index in [1.165, 1.54) is 0 Å². The fourth-order valence-electron chi connectivity index (χ4n) is 2.28. The smallest absolute Gasteiger partial charge is 0.276 e. The van der Waals surface area contributed by atoms with E-state index in [4.69, 9.17) is 33.5 Å². The molecule has 0 radical (unpaired) electrons. The molecule has 120 valence electrons. The van der Waals surface area contributed by atoms with Crippen LogP contribution in [0.4, 0.5) is 0 Å². The SMILES string of the molecule is CC(C)(N)Cn1ccc(Cl)c1-c1nc(-c2ccc(Cl)cc2)no1. The fraction of sp³-hybridized carbons (Fsp3) is 0.250. The molecule has 3 aromatic rings. The minimum absolute atomic E-state index is 0.356. The van der Waals surface area contributed by atoms with Gasteiger partial charge in [-0.25, -0.2) is 0 Å². The Bertz CT molecular complexity index is 815. The number of halogens is 2. The molecule has 0 spiro atoms. The zero-order chi connectivity index (χ0) is 16.6. The summed E-state index contributed by atoms with van der Waals surface area (Å²) in [7, 11) is 0. The fourth-order valence-corrected chi connectivity index (χ4v) is 2.65. The van der Waals surface area contributed by atoms with E-state index in [0.29, 0.717) is 34.0 Å². The van der Waals surface area contributed by atoms with Gasteiger partial charge in [0.2, 0.25) is 5.82 Å². The maximum atomic E-state index is 6.28. The van der Waals surface area contributed by atoms with Crippen molar-refractivity contribution < 1.29 is 4.52 Å². The van der Waals surface area contributed by atoms with Crippen molar-refractivity contribution in [3.05, 3.63) is 46.6 Å². The van der Waals surface area contributed by atoms with Gasteiger partial charge in [0, 0.05) is 28.9 Å². The highest BCUT2D eigenvalue weighted by Crippen LogP contribution is 2.30. The van der Waals surface area contributed by atoms with Crippen LogP contribution in [0.2, 0.25) is 10.0 Å². The first kappa shape index (κ1) is 16.1. The molecule has 5 nitrogen and oxygen atoms in total. The summed E-state index contributed by atoms with van der Waals surface area (Å²) in [5.74, 6) is 0.835. The summed E-state index contributed by atoms with van der Waals surface area (Å²) in [4.78, 5) is 4.44. The molecule has 0 amide bonds. The molecule has 23 heavy (non-hydrogen) atoms. The number of hydrogen-bond acceptors (Lipinski definition) is 4. The summed E-state index contributed by atoms with van der Waals surface area (Å²) >= 11 is 12.2. The van der Waals surface area contributed by atoms with E-state index in [2.05, 4.69) is 10.1 Å². The van der Waals surface area contributed by atoms with Gasteiger partial charge in [-0.2, -0.15) is 4.98 Å². The van der Waals surface area contributed by atoms with Crippen molar-refractivity contribution in [2.75, 3.05) is 0 Å². The molecule has 1 aromatic carbocycles. The molecule has 0 atom stereocenters. The monoisotopic (exact) mass is 350 g/mol. The normalized spacial score (nSPS) is 11.9. The summed E-state index contributed by atoms with van der Waals surface area (Å²) in [5.41, 5.74) is 7.18. The average molecular weight is 351 g/mol. The van der Waals surface area contributed by atoms with Gasteiger partial charge >= 0.3 is 0 Å². The molecule has 2 heterocycles. The zero-order valence-electron chi connectivity index (χ0n) is 12.8. The van der Waals surface area contributed by atoms with Gasteiger partial charge < -0.3 is 14.8 Å². The van der Waals surface area contributed by atoms with Gasteiger partial charge in [0.15, 0.2) is 0 Å². The molecule has 0 aliphatic carbocycles. The average Bonchev–Trinajstić information content (AvgIpc) is 3.05. The largest absolute Gasteiger partial charge is 0.340 e. The lowest BCUT2D eigenvalue weighted by Gasteiger charge is -2.20. The van der Waals surface area contributed by atoms with Crippen LogP contribution in [-0.4, -0.2) is 20.2 Å². The van der Waals surface area contributed by atoms with E-state index in [9.17, 15) is 0 Å². The van der Waals surface area contributed by atoms with Gasteiger partial charge in [0.1, 0.15) is 5.69 Å². The number of nitrogens with zero attached hydrogens (tertiary/aromatic N) is 3. The molecule has 0 fully saturated rings. The number of nitrogens with two attached hydrogens (primary N) is 1. The van der Waals surface area contributed by atoms with Crippen LogP contribution in [0.1, 0.15) is 13.8 Å². The van der Waals surface area contributed by atoms with Crippen LogP contribution < -0.4 is 5.73 Å². The highest BCUT2D eigenvalue weighted by molar-refractivity contribution is 6.33. The third-order valence-corrected chi connectivity index (χ3v) is 3.78. The minimum atomic E-state index is -0.393. The summed E-state index contributed by atoms with van der Waals surface area (Å²) in [6, 6.07) is 9.01. The number of rotatable bonds is 4. The lowest BCUT2D eigenvalue weighted by atomic mass is 10.1. The van der Waals surface area contributed by atoms with E-state index < -0.39 is 5.54 Å². The topological polar surface area (TPSA) is 69.9 Å². The van der Waals surface area contributed by atoms with Crippen molar-refractivity contribution in [2.24, 2.45) is 5.73 Å². The Labute approximate surface area is 144 Å². The number of hydrogen-bond donors (Lipinski definition) is 1. The number of aromatic nitrogens is 3. The van der Waals surface area contributed by atoms with Crippen molar-refractivity contribution in [2.45, 2.75) is 25.9 Å². The van der Waals surface area contributed by atoms with E-state index in [-0.39, 0.29) is 0 Å². The lowest BCUT2D eigenvalue weighted by Crippen LogP contribution is -2.37. The highest BCUT2D eigenvalue weighted by Gasteiger charge is 2.21. The van der Waals surface area contributed by atoms with Crippen molar-refractivity contribution in [3.63, 3.8) is 0 Å². The quantitative estimate of drug-likeness (QED) is 0.763. The van der Waals surface area contributed by atoms with Crippen LogP contribution in [0.15, 0.2) is 41.1 Å². The molecule has 2 aromatic heterocycles. The van der Waals surface area contributed by atoms with E-state index in [1.807, 2.05) is 36.7 Å². The Morgan fingerprint density at radius 1 is 1.17 bits per heavy atom. The van der Waals surface area contributed by atoms with Crippen molar-refractivity contribution in [1.29, 1.82) is 0 Å². The molecular formula is C16H16Cl2N4O. The highest BCUT2D eigenvalue weighted by atomic mass is 35.5. The van der Waals surface area contributed by atoms with E-state index in [1.54, 1.807) is 18.2 Å². The van der Waals surface area contributed by atoms with Crippen LogP contribution in [-0.2, 0) is 6.54 Å². The van der Waals surface area contributed by atoms with Crippen LogP contribution in [0.5, 0.6) is 0 Å². The van der Waals surface area contributed by atoms with Gasteiger partial charge in [-0.05, 0) is 44.2 Å². The van der Waals surface area contributed by atoms with Crippen molar-refractivity contribution in [1.82, 2.24) is 14.7 Å². The molecular weight excluding hydrogens is 335 g/mol. The first-order valence-corrected chi connectivity index (χ1v) is 7.83. The first-order valence-electron chi connectivity index (χ1n) is 7.07. The van der Waals surface area contributed by atoms with E-state index in [0.717, 1.165) is 5.56 Å². The van der Waals surface area contributed by atoms with Crippen molar-refractivity contribution >= 4 is 23.2 Å². The van der Waals surface area contributed by atoms with Crippen molar-refractivity contribution in [3.8, 4) is 23.0 Å². The van der Waals surface area contributed by atoms with Gasteiger partial charge in [-0.1, -0.05) is 28.4 Å². The molecule has 3 rings (SSSR count). The molecule has 0 aliphatic heterocycles. The molecule has 0 saturated heterocycles. The Hall–Kier alpha value is -1.82. The minimum Gasteiger partial charge on any atom is -0.340 e. The lowest BCUT2D eigenvalue weighted by molar-refractivity contribution is 0.413. The molecule has 0 saturated carbocycles. The zero-order valence-corrected chi connectivity index (χ0v) is 14.3. The molecule has 7 heteroatoms. The second-order valence-electron chi connectivity index (χ2n) is 6.06. The summed E-state index contributed by atoms with van der Waals surface area (Å²) in [6.45, 7) is 4.46. The predicted octanol–water partition coefficient (Wildman–Crippen LogP) is 4.25. The van der Waals surface area contributed by atoms with Crippen LogP contribution in [0, 0.1) is 0 Å². The Kier molecular flexibility index (Phi) is 4.19. The van der Waals surface area contributed by atoms with Gasteiger partial charge in [0.25, 0.3) is 5.89 Å². The van der Waals surface area contributed by atoms with Gasteiger partial charge in [-0.15, -0.1) is 0 Å². The first-order chi connectivity index (χ1) is 10.8. The van der Waals surface area contributed by atoms with Crippen LogP contribution in [0.3, 0.4) is 0 Å². The maximum absolute atomic E-state index is 6.28. The summed E-state index contributed by atoms with van der Waals surface area (Å²) in [5, 5.41) is 5.21. The number of benzene rings is 1. The third kappa shape index (κ3) is 3.58. The van der Waals surface area contributed by atoms with Gasteiger partial charge in [0.05, 0.1) is 5.02 Å². The maximum Gasteiger partial charge on any atom is 0.276 e. The Balaban J connectivity index is 1.97. The summed E-state index contributed by atoms with van der Waals surface area (Å²) < 4.78 is 7.31. The predicted molar refractivity (Wildman–Crippen MR) is 91.4 cm³/mol. The molecule has 0 unspecified atom stereocenters. The summed E-state index contributed by atoms with van der Waals surface area (Å²) in [6.07, 6.45) is 1.86. The van der Waals surface area contributed by atoms with Gasteiger partial charge in [-0.3, -0.25) is 0 Å². The Morgan fingerprint density at radius 2 is 1.87 bits per heavy atom. The van der Waals surface area contributed by atoms with E-state index >= 15 is 0 Å². The Morgan fingerprint density at radius 3 is 2.52 bits per heavy atom.